The maximum Gasteiger partial charge on any atom is 0.137 e. The Kier molecular flexibility index (Phi) is 6.57. The number of hydrogen-bond acceptors (Lipinski definition) is 5. The molecule has 0 N–H and O–H groups in total. The molecule has 6 aromatic carbocycles. The number of para-hydroxylation sites is 2. The van der Waals surface area contributed by atoms with E-state index in [-0.39, 0.29) is 5.56 Å². The Morgan fingerprint density at radius 1 is 0.540 bits per heavy atom. The lowest BCUT2D eigenvalue weighted by Crippen LogP contribution is -2.24. The molecule has 0 saturated carbocycles. The Hall–Kier alpha value is -6.59. The summed E-state index contributed by atoms with van der Waals surface area (Å²) in [6.07, 6.45) is 5.84. The Balaban J connectivity index is 1.14. The molecule has 1 aromatic heterocycles. The minimum absolute atomic E-state index is 0.237. The molecule has 5 nitrogen and oxygen atoms in total. The van der Waals surface area contributed by atoms with Crippen LogP contribution < -0.4 is 19.4 Å². The van der Waals surface area contributed by atoms with Gasteiger partial charge in [-0.05, 0) is 77.6 Å². The van der Waals surface area contributed by atoms with E-state index in [9.17, 15) is 0 Å². The average molecular weight is 650 g/mol. The molecule has 0 aliphatic carbocycles. The maximum absolute atomic E-state index is 8.56. The van der Waals surface area contributed by atoms with Crippen LogP contribution in [0, 0.1) is 6.85 Å². The number of pyridine rings is 1. The molecule has 0 bridgehead atoms. The molecule has 7 aromatic rings. The number of nitrogens with zero attached hydrogens (tertiary/aromatic N) is 4. The monoisotopic (exact) mass is 649 g/mol. The number of benzene rings is 6. The number of rotatable bonds is 6. The van der Waals surface area contributed by atoms with E-state index in [0.717, 1.165) is 50.6 Å². The van der Waals surface area contributed by atoms with Crippen molar-refractivity contribution in [2.75, 3.05) is 21.4 Å². The van der Waals surface area contributed by atoms with E-state index in [1.165, 1.54) is 0 Å². The van der Waals surface area contributed by atoms with Crippen molar-refractivity contribution < 1.29 is 8.85 Å². The highest BCUT2D eigenvalue weighted by atomic mass is 16.5. The third kappa shape index (κ3) is 5.35. The number of anilines is 5. The smallest absolute Gasteiger partial charge is 0.137 e. The van der Waals surface area contributed by atoms with Crippen LogP contribution in [0.1, 0.15) is 9.68 Å². The highest BCUT2D eigenvalue weighted by Crippen LogP contribution is 2.51. The molecule has 0 unspecified atom stereocenters. The summed E-state index contributed by atoms with van der Waals surface area (Å²) in [5.74, 6) is 1.84. The van der Waals surface area contributed by atoms with Crippen molar-refractivity contribution in [2.24, 2.45) is 0 Å². The molecule has 0 amide bonds. The normalized spacial score (nSPS) is 14.2. The predicted molar refractivity (Wildman–Crippen MR) is 205 cm³/mol. The molecular formula is C45H34N4O. The van der Waals surface area contributed by atoms with E-state index < -0.39 is 6.85 Å². The number of ether oxygens (including phenoxy) is 1. The van der Waals surface area contributed by atoms with Crippen LogP contribution in [-0.4, -0.2) is 11.7 Å². The fourth-order valence-corrected chi connectivity index (χ4v) is 6.86. The van der Waals surface area contributed by atoms with Crippen molar-refractivity contribution >= 4 is 28.6 Å². The van der Waals surface area contributed by atoms with Crippen molar-refractivity contribution in [3.8, 4) is 44.9 Å². The van der Waals surface area contributed by atoms with Gasteiger partial charge in [0.1, 0.15) is 17.3 Å². The second-order valence-electron chi connectivity index (χ2n) is 12.3. The SMILES string of the molecule is [2H]C([2H])([2H])c1cc(N2c3ccccc3-c3ccccc3-c3ccc(Oc4cccc(N5C=CN(c6ccccc6)C5)c4)cc32)ncc1-c1ccccc1. The summed E-state index contributed by atoms with van der Waals surface area (Å²) < 4.78 is 32.3. The van der Waals surface area contributed by atoms with Gasteiger partial charge in [0.2, 0.25) is 0 Å². The Morgan fingerprint density at radius 3 is 1.96 bits per heavy atom. The summed E-state index contributed by atoms with van der Waals surface area (Å²) in [5, 5.41) is 0. The number of hydrogen-bond donors (Lipinski definition) is 0. The van der Waals surface area contributed by atoms with Crippen LogP contribution in [0.3, 0.4) is 0 Å². The van der Waals surface area contributed by atoms with E-state index in [2.05, 4.69) is 75.6 Å². The summed E-state index contributed by atoms with van der Waals surface area (Å²) in [5.41, 5.74) is 9.61. The number of aryl methyl sites for hydroxylation is 1. The molecule has 50 heavy (non-hydrogen) atoms. The summed E-state index contributed by atoms with van der Waals surface area (Å²) >= 11 is 0. The molecular weight excluding hydrogens is 613 g/mol. The van der Waals surface area contributed by atoms with Gasteiger partial charge in [-0.3, -0.25) is 4.90 Å². The van der Waals surface area contributed by atoms with Gasteiger partial charge in [-0.2, -0.15) is 0 Å². The van der Waals surface area contributed by atoms with Crippen molar-refractivity contribution in [3.63, 3.8) is 0 Å². The first kappa shape index (κ1) is 26.4. The topological polar surface area (TPSA) is 31.8 Å². The quantitative estimate of drug-likeness (QED) is 0.179. The van der Waals surface area contributed by atoms with Crippen molar-refractivity contribution in [2.45, 2.75) is 6.85 Å². The van der Waals surface area contributed by atoms with Crippen LogP contribution in [0.15, 0.2) is 176 Å². The molecule has 9 rings (SSSR count). The molecule has 2 aliphatic heterocycles. The van der Waals surface area contributed by atoms with Gasteiger partial charge in [0.15, 0.2) is 0 Å². The second kappa shape index (κ2) is 12.5. The van der Waals surface area contributed by atoms with Gasteiger partial charge in [0.25, 0.3) is 0 Å². The lowest BCUT2D eigenvalue weighted by molar-refractivity contribution is 0.483. The van der Waals surface area contributed by atoms with Crippen LogP contribution in [0.2, 0.25) is 0 Å². The molecule has 0 saturated heterocycles. The van der Waals surface area contributed by atoms with Crippen LogP contribution in [-0.2, 0) is 0 Å². The van der Waals surface area contributed by atoms with Gasteiger partial charge in [-0.1, -0.05) is 97.1 Å². The largest absolute Gasteiger partial charge is 0.457 e. The zero-order valence-corrected chi connectivity index (χ0v) is 27.1. The number of fused-ring (bicyclic) bond motifs is 5. The molecule has 0 spiro atoms. The Morgan fingerprint density at radius 2 is 1.18 bits per heavy atom. The highest BCUT2D eigenvalue weighted by Gasteiger charge is 2.27. The second-order valence-corrected chi connectivity index (χ2v) is 12.3. The van der Waals surface area contributed by atoms with Crippen molar-refractivity contribution in [3.05, 3.63) is 182 Å². The van der Waals surface area contributed by atoms with Crippen LogP contribution in [0.25, 0.3) is 33.4 Å². The van der Waals surface area contributed by atoms with Crippen LogP contribution in [0.5, 0.6) is 11.5 Å². The predicted octanol–water partition coefficient (Wildman–Crippen LogP) is 11.7. The lowest BCUT2D eigenvalue weighted by Gasteiger charge is -2.27. The molecule has 0 radical (unpaired) electrons. The fraction of sp³-hybridized carbons (Fsp3) is 0.0444. The number of aromatic nitrogens is 1. The molecule has 2 aliphatic rings. The van der Waals surface area contributed by atoms with E-state index >= 15 is 0 Å². The van der Waals surface area contributed by atoms with Crippen LogP contribution >= 0.6 is 0 Å². The Bertz CT molecular complexity index is 2480. The summed E-state index contributed by atoms with van der Waals surface area (Å²) in [6, 6.07) is 52.3. The van der Waals surface area contributed by atoms with Gasteiger partial charge in [-0.25, -0.2) is 4.98 Å². The first-order valence-corrected chi connectivity index (χ1v) is 16.6. The van der Waals surface area contributed by atoms with Gasteiger partial charge in [-0.15, -0.1) is 0 Å². The lowest BCUT2D eigenvalue weighted by atomic mass is 9.95. The molecule has 0 fully saturated rings. The van der Waals surface area contributed by atoms with Gasteiger partial charge >= 0.3 is 0 Å². The maximum atomic E-state index is 8.56. The fourth-order valence-electron chi connectivity index (χ4n) is 6.86. The zero-order chi connectivity index (χ0) is 35.9. The molecule has 240 valence electrons. The van der Waals surface area contributed by atoms with E-state index in [0.29, 0.717) is 29.5 Å². The molecule has 5 heteroatoms. The van der Waals surface area contributed by atoms with E-state index in [1.54, 1.807) is 12.3 Å². The summed E-state index contributed by atoms with van der Waals surface area (Å²) in [4.78, 5) is 11.4. The average Bonchev–Trinajstić information content (AvgIpc) is 3.66. The third-order valence-corrected chi connectivity index (χ3v) is 9.27. The van der Waals surface area contributed by atoms with Gasteiger partial charge in [0.05, 0.1) is 18.0 Å². The first-order valence-electron chi connectivity index (χ1n) is 18.1. The van der Waals surface area contributed by atoms with Gasteiger partial charge < -0.3 is 14.5 Å². The standard InChI is InChI=1S/C45H34N4O/c1-32-27-45(46-30-42(32)33-13-4-2-5-14-33)49-43-22-11-10-21-40(43)38-19-8-9-20-39(38)41-24-23-37(29-44(41)49)50-36-18-12-17-35(28-36)48-26-25-47(31-48)34-15-6-3-7-16-34/h2-30H,31H2,1H3/i1D3. The molecule has 0 atom stereocenters. The Labute approximate surface area is 296 Å². The van der Waals surface area contributed by atoms with Crippen LogP contribution in [0.4, 0.5) is 28.6 Å². The van der Waals surface area contributed by atoms with E-state index in [1.807, 2.05) is 103 Å². The molecule has 3 heterocycles. The van der Waals surface area contributed by atoms with E-state index in [4.69, 9.17) is 13.8 Å². The minimum Gasteiger partial charge on any atom is -0.457 e. The first-order chi connectivity index (χ1) is 25.9. The van der Waals surface area contributed by atoms with Crippen molar-refractivity contribution in [1.82, 2.24) is 4.98 Å². The summed E-state index contributed by atoms with van der Waals surface area (Å²) in [6.45, 7) is -1.69. The minimum atomic E-state index is -2.38. The van der Waals surface area contributed by atoms with Gasteiger partial charge in [0, 0.05) is 62.9 Å². The highest BCUT2D eigenvalue weighted by molar-refractivity contribution is 6.02. The summed E-state index contributed by atoms with van der Waals surface area (Å²) in [7, 11) is 0. The third-order valence-electron chi connectivity index (χ3n) is 9.27. The zero-order valence-electron chi connectivity index (χ0n) is 30.1. The van der Waals surface area contributed by atoms with Crippen molar-refractivity contribution in [1.29, 1.82) is 0 Å².